The van der Waals surface area contributed by atoms with E-state index in [0.29, 0.717) is 25.2 Å². The summed E-state index contributed by atoms with van der Waals surface area (Å²) >= 11 is 0. The molecule has 2 heterocycles. The first kappa shape index (κ1) is 26.3. The molecule has 0 bridgehead atoms. The lowest BCUT2D eigenvalue weighted by Crippen LogP contribution is -2.32. The number of hydrogen-bond acceptors (Lipinski definition) is 6. The molecule has 0 fully saturated rings. The predicted octanol–water partition coefficient (Wildman–Crippen LogP) is 5.34. The zero-order valence-corrected chi connectivity index (χ0v) is 22.9. The van der Waals surface area contributed by atoms with Crippen LogP contribution in [0.25, 0.3) is 10.9 Å². The van der Waals surface area contributed by atoms with Gasteiger partial charge in [-0.05, 0) is 77.0 Å². The molecule has 39 heavy (non-hydrogen) atoms. The van der Waals surface area contributed by atoms with Gasteiger partial charge in [0, 0.05) is 24.2 Å². The third-order valence-corrected chi connectivity index (χ3v) is 7.13. The van der Waals surface area contributed by atoms with Gasteiger partial charge in [0.25, 0.3) is 5.56 Å². The van der Waals surface area contributed by atoms with Crippen LogP contribution in [0.4, 0.5) is 0 Å². The van der Waals surface area contributed by atoms with E-state index in [9.17, 15) is 4.79 Å². The second kappa shape index (κ2) is 11.6. The smallest absolute Gasteiger partial charge is 0.252 e. The second-order valence-electron chi connectivity index (χ2n) is 10.1. The van der Waals surface area contributed by atoms with Crippen molar-refractivity contribution in [2.75, 3.05) is 7.11 Å². The average molecular weight is 523 g/mol. The van der Waals surface area contributed by atoms with Crippen molar-refractivity contribution in [3.8, 4) is 5.75 Å². The molecule has 1 unspecified atom stereocenters. The second-order valence-corrected chi connectivity index (χ2v) is 10.1. The van der Waals surface area contributed by atoms with Crippen LogP contribution < -0.4 is 10.3 Å². The van der Waals surface area contributed by atoms with E-state index in [4.69, 9.17) is 4.74 Å². The maximum Gasteiger partial charge on any atom is 0.252 e. The number of fused-ring (bicyclic) bond motifs is 1. The Balaban J connectivity index is 1.50. The number of aryl methyl sites for hydroxylation is 2. The van der Waals surface area contributed by atoms with Gasteiger partial charge in [0.2, 0.25) is 0 Å². The monoisotopic (exact) mass is 522 g/mol. The summed E-state index contributed by atoms with van der Waals surface area (Å²) in [6, 6.07) is 24.5. The van der Waals surface area contributed by atoms with Gasteiger partial charge in [-0.1, -0.05) is 61.0 Å². The van der Waals surface area contributed by atoms with Crippen LogP contribution in [0.3, 0.4) is 0 Å². The zero-order valence-electron chi connectivity index (χ0n) is 22.9. The van der Waals surface area contributed by atoms with Gasteiger partial charge in [-0.3, -0.25) is 9.69 Å². The van der Waals surface area contributed by atoms with Gasteiger partial charge in [0.1, 0.15) is 5.75 Å². The van der Waals surface area contributed by atoms with E-state index in [2.05, 4.69) is 75.7 Å². The first-order valence-corrected chi connectivity index (χ1v) is 13.2. The fraction of sp³-hybridized carbons (Fsp3) is 0.290. The number of H-pyrrole nitrogens is 1. The number of pyridine rings is 1. The highest BCUT2D eigenvalue weighted by molar-refractivity contribution is 5.79. The van der Waals surface area contributed by atoms with E-state index < -0.39 is 0 Å². The summed E-state index contributed by atoms with van der Waals surface area (Å²) in [7, 11) is 1.66. The molecule has 2 aromatic heterocycles. The molecule has 200 valence electrons. The van der Waals surface area contributed by atoms with Crippen molar-refractivity contribution in [1.29, 1.82) is 0 Å². The molecule has 0 aliphatic carbocycles. The van der Waals surface area contributed by atoms with Crippen LogP contribution in [0.2, 0.25) is 0 Å². The number of aromatic amines is 1. The number of hydrogen-bond donors (Lipinski definition) is 1. The summed E-state index contributed by atoms with van der Waals surface area (Å²) in [5.41, 5.74) is 6.06. The molecular formula is C31H34N6O2. The van der Waals surface area contributed by atoms with Crippen LogP contribution in [0, 0.1) is 13.8 Å². The Morgan fingerprint density at radius 1 is 0.923 bits per heavy atom. The van der Waals surface area contributed by atoms with Gasteiger partial charge < -0.3 is 9.72 Å². The molecule has 0 aliphatic heterocycles. The largest absolute Gasteiger partial charge is 0.497 e. The van der Waals surface area contributed by atoms with Crippen molar-refractivity contribution in [3.05, 3.63) is 117 Å². The number of nitrogens with zero attached hydrogens (tertiary/aromatic N) is 5. The molecule has 0 saturated carbocycles. The summed E-state index contributed by atoms with van der Waals surface area (Å²) in [6.07, 6.45) is 0.777. The first-order valence-electron chi connectivity index (χ1n) is 13.2. The van der Waals surface area contributed by atoms with Crippen molar-refractivity contribution < 1.29 is 4.74 Å². The lowest BCUT2D eigenvalue weighted by molar-refractivity contribution is 0.161. The van der Waals surface area contributed by atoms with Gasteiger partial charge in [-0.25, -0.2) is 4.68 Å². The van der Waals surface area contributed by atoms with Gasteiger partial charge in [-0.15, -0.1) is 5.10 Å². The van der Waals surface area contributed by atoms with Gasteiger partial charge in [-0.2, -0.15) is 0 Å². The van der Waals surface area contributed by atoms with Crippen LogP contribution in [0.15, 0.2) is 77.6 Å². The Kier molecular flexibility index (Phi) is 7.84. The van der Waals surface area contributed by atoms with Crippen LogP contribution in [0.1, 0.15) is 53.0 Å². The third-order valence-electron chi connectivity index (χ3n) is 7.13. The number of methoxy groups -OCH3 is 1. The number of rotatable bonds is 10. The summed E-state index contributed by atoms with van der Waals surface area (Å²) in [5, 5.41) is 13.9. The van der Waals surface area contributed by atoms with E-state index in [1.165, 1.54) is 11.1 Å². The molecule has 0 amide bonds. The number of nitrogens with one attached hydrogen (secondary N) is 1. The molecule has 8 heteroatoms. The SMILES string of the molecule is CCC(c1nnnn1Cc1ccc(OC)cc1)N(Cc1ccc(C)cc1)Cc1cc2ccc(C)cc2[nH]c1=O. The molecule has 0 aliphatic rings. The van der Waals surface area contributed by atoms with Crippen molar-refractivity contribution >= 4 is 10.9 Å². The summed E-state index contributed by atoms with van der Waals surface area (Å²) < 4.78 is 7.15. The fourth-order valence-corrected chi connectivity index (χ4v) is 4.97. The standard InChI is InChI=1S/C31H34N6O2/c1-5-29(30-33-34-35-37(30)19-24-11-14-27(39-4)15-12-24)36(18-23-9-6-21(2)7-10-23)20-26-17-25-13-8-22(3)16-28(25)32-31(26)38/h6-17,29H,5,18-20H2,1-4H3,(H,32,38). The molecule has 5 rings (SSSR count). The van der Waals surface area contributed by atoms with Crippen LogP contribution in [-0.4, -0.2) is 37.2 Å². The van der Waals surface area contributed by atoms with E-state index in [-0.39, 0.29) is 11.6 Å². The van der Waals surface area contributed by atoms with E-state index in [1.807, 2.05) is 48.0 Å². The minimum atomic E-state index is -0.104. The van der Waals surface area contributed by atoms with Crippen molar-refractivity contribution in [2.24, 2.45) is 0 Å². The minimum absolute atomic E-state index is 0.0744. The van der Waals surface area contributed by atoms with Crippen LogP contribution in [-0.2, 0) is 19.6 Å². The van der Waals surface area contributed by atoms with Gasteiger partial charge in [0.15, 0.2) is 5.82 Å². The van der Waals surface area contributed by atoms with E-state index in [0.717, 1.165) is 40.0 Å². The molecule has 0 spiro atoms. The lowest BCUT2D eigenvalue weighted by atomic mass is 10.1. The maximum atomic E-state index is 13.2. The fourth-order valence-electron chi connectivity index (χ4n) is 4.97. The van der Waals surface area contributed by atoms with Crippen molar-refractivity contribution in [2.45, 2.75) is 52.9 Å². The highest BCUT2D eigenvalue weighted by atomic mass is 16.5. The average Bonchev–Trinajstić information content (AvgIpc) is 3.39. The molecule has 1 atom stereocenters. The van der Waals surface area contributed by atoms with Gasteiger partial charge in [0.05, 0.1) is 19.7 Å². The third kappa shape index (κ3) is 6.07. The molecule has 3 aromatic carbocycles. The molecule has 8 nitrogen and oxygen atoms in total. The molecular weight excluding hydrogens is 488 g/mol. The number of benzene rings is 3. The Morgan fingerprint density at radius 2 is 1.64 bits per heavy atom. The van der Waals surface area contributed by atoms with Crippen LogP contribution in [0.5, 0.6) is 5.75 Å². The Bertz CT molecular complexity index is 1610. The Morgan fingerprint density at radius 3 is 2.36 bits per heavy atom. The molecule has 1 N–H and O–H groups in total. The minimum Gasteiger partial charge on any atom is -0.497 e. The summed E-state index contributed by atoms with van der Waals surface area (Å²) in [5.74, 6) is 1.58. The van der Waals surface area contributed by atoms with Crippen molar-refractivity contribution in [1.82, 2.24) is 30.1 Å². The van der Waals surface area contributed by atoms with Crippen molar-refractivity contribution in [3.63, 3.8) is 0 Å². The first-order chi connectivity index (χ1) is 18.9. The quantitative estimate of drug-likeness (QED) is 0.266. The number of tetrazole rings is 1. The topological polar surface area (TPSA) is 88.9 Å². The maximum absolute atomic E-state index is 13.2. The van der Waals surface area contributed by atoms with E-state index >= 15 is 0 Å². The Hall–Kier alpha value is -4.30. The highest BCUT2D eigenvalue weighted by Crippen LogP contribution is 2.27. The van der Waals surface area contributed by atoms with Gasteiger partial charge >= 0.3 is 0 Å². The normalized spacial score (nSPS) is 12.2. The molecule has 0 saturated heterocycles. The highest BCUT2D eigenvalue weighted by Gasteiger charge is 2.26. The van der Waals surface area contributed by atoms with E-state index in [1.54, 1.807) is 7.11 Å². The lowest BCUT2D eigenvalue weighted by Gasteiger charge is -2.30. The summed E-state index contributed by atoms with van der Waals surface area (Å²) in [6.45, 7) is 7.89. The van der Waals surface area contributed by atoms with Crippen LogP contribution >= 0.6 is 0 Å². The summed E-state index contributed by atoms with van der Waals surface area (Å²) in [4.78, 5) is 18.6. The molecule has 0 radical (unpaired) electrons. The predicted molar refractivity (Wildman–Crippen MR) is 153 cm³/mol. The Labute approximate surface area is 228 Å². The number of ether oxygens (including phenoxy) is 1. The zero-order chi connectivity index (χ0) is 27.4. The number of aromatic nitrogens is 5. The molecule has 5 aromatic rings.